The number of unbranched alkanes of at least 4 members (excludes halogenated alkanes) is 3. The Morgan fingerprint density at radius 3 is 2.12 bits per heavy atom. The second-order valence-electron chi connectivity index (χ2n) is 7.45. The number of carbonyl (C=O) groups excluding carboxylic acids is 1. The largest absolute Gasteiger partial charge is 0.460 e. The number of halogens is 1. The smallest absolute Gasteiger partial charge is 0.308 e. The topological polar surface area (TPSA) is 46.5 Å². The minimum atomic E-state index is -0.635. The van der Waals surface area contributed by atoms with E-state index in [1.165, 1.54) is 25.7 Å². The van der Waals surface area contributed by atoms with Crippen LogP contribution in [0.25, 0.3) is 0 Å². The van der Waals surface area contributed by atoms with Crippen molar-refractivity contribution in [1.29, 1.82) is 0 Å². The lowest BCUT2D eigenvalue weighted by atomic mass is 10.1. The van der Waals surface area contributed by atoms with Crippen molar-refractivity contribution in [2.75, 3.05) is 5.33 Å². The molecule has 1 unspecified atom stereocenters. The summed E-state index contributed by atoms with van der Waals surface area (Å²) in [7, 11) is 0. The lowest BCUT2D eigenvalue weighted by Crippen LogP contribution is -2.26. The third-order valence-corrected chi connectivity index (χ3v) is 4.10. The highest BCUT2D eigenvalue weighted by molar-refractivity contribution is 9.09. The van der Waals surface area contributed by atoms with Crippen LogP contribution in [0.1, 0.15) is 78.6 Å². The molecule has 0 saturated heterocycles. The van der Waals surface area contributed by atoms with Crippen LogP contribution in [0.2, 0.25) is 0 Å². The summed E-state index contributed by atoms with van der Waals surface area (Å²) < 4.78 is 5.20. The van der Waals surface area contributed by atoms with Gasteiger partial charge in [-0.2, -0.15) is 0 Å². The van der Waals surface area contributed by atoms with Gasteiger partial charge in [0.15, 0.2) is 0 Å². The molecule has 3 nitrogen and oxygen atoms in total. The van der Waals surface area contributed by atoms with Gasteiger partial charge in [-0.3, -0.25) is 4.79 Å². The van der Waals surface area contributed by atoms with E-state index >= 15 is 0 Å². The first-order valence-corrected chi connectivity index (χ1v) is 10.9. The summed E-state index contributed by atoms with van der Waals surface area (Å²) in [4.78, 5) is 11.6. The lowest BCUT2D eigenvalue weighted by molar-refractivity contribution is -0.157. The molecule has 0 heterocycles. The molecule has 1 atom stereocenters. The predicted molar refractivity (Wildman–Crippen MR) is 115 cm³/mol. The molecule has 0 radical (unpaired) electrons. The third-order valence-electron chi connectivity index (χ3n) is 3.54. The zero-order chi connectivity index (χ0) is 19.7. The molecule has 0 saturated carbocycles. The van der Waals surface area contributed by atoms with Crippen LogP contribution in [-0.4, -0.2) is 28.1 Å². The summed E-state index contributed by atoms with van der Waals surface area (Å²) in [6.07, 6.45) is 20.6. The van der Waals surface area contributed by atoms with Gasteiger partial charge in [0.05, 0.1) is 12.5 Å². The summed E-state index contributed by atoms with van der Waals surface area (Å²) in [5.41, 5.74) is -0.494. The van der Waals surface area contributed by atoms with Gasteiger partial charge in [0, 0.05) is 5.33 Å². The van der Waals surface area contributed by atoms with E-state index in [0.717, 1.165) is 24.6 Å². The van der Waals surface area contributed by atoms with Crippen molar-refractivity contribution in [3.05, 3.63) is 36.5 Å². The van der Waals surface area contributed by atoms with Gasteiger partial charge in [0.25, 0.3) is 0 Å². The van der Waals surface area contributed by atoms with E-state index in [9.17, 15) is 9.90 Å². The van der Waals surface area contributed by atoms with Crippen molar-refractivity contribution in [2.45, 2.75) is 90.3 Å². The fraction of sp³-hybridized carbons (Fsp3) is 0.682. The molecule has 1 N–H and O–H groups in total. The normalized spacial score (nSPS) is 13.9. The van der Waals surface area contributed by atoms with Crippen LogP contribution in [-0.2, 0) is 9.53 Å². The number of aliphatic hydroxyl groups is 1. The van der Waals surface area contributed by atoms with Crippen LogP contribution in [0.5, 0.6) is 0 Å². The van der Waals surface area contributed by atoms with E-state index in [0.29, 0.717) is 6.42 Å². The van der Waals surface area contributed by atoms with E-state index < -0.39 is 11.7 Å². The van der Waals surface area contributed by atoms with Crippen LogP contribution in [0.3, 0.4) is 0 Å². The van der Waals surface area contributed by atoms with Gasteiger partial charge in [-0.15, -0.1) is 0 Å². The number of esters is 1. The molecule has 0 aliphatic carbocycles. The Morgan fingerprint density at radius 2 is 1.54 bits per heavy atom. The number of aliphatic hydroxyl groups excluding tert-OH is 1. The molecule has 150 valence electrons. The van der Waals surface area contributed by atoms with Crippen molar-refractivity contribution in [3.8, 4) is 0 Å². The number of allylic oxidation sites excluding steroid dienone is 6. The number of carbonyl (C=O) groups is 1. The Labute approximate surface area is 168 Å². The van der Waals surface area contributed by atoms with Crippen LogP contribution >= 0.6 is 15.9 Å². The Balaban J connectivity index is 3.62. The van der Waals surface area contributed by atoms with Crippen LogP contribution in [0.4, 0.5) is 0 Å². The minimum absolute atomic E-state index is 0.0630. The zero-order valence-corrected chi connectivity index (χ0v) is 18.3. The van der Waals surface area contributed by atoms with Crippen LogP contribution in [0, 0.1) is 0 Å². The fourth-order valence-corrected chi connectivity index (χ4v) is 2.67. The molecule has 26 heavy (non-hydrogen) atoms. The van der Waals surface area contributed by atoms with E-state index in [4.69, 9.17) is 4.74 Å². The SMILES string of the molecule is CC(C)(C)OC(=O)CC(O)CCC=CCC=CCC=CCCCCCBr. The molecule has 0 rings (SSSR count). The molecule has 0 bridgehead atoms. The maximum atomic E-state index is 11.6. The average molecular weight is 429 g/mol. The number of hydrogen-bond acceptors (Lipinski definition) is 3. The van der Waals surface area contributed by atoms with Crippen molar-refractivity contribution in [2.24, 2.45) is 0 Å². The van der Waals surface area contributed by atoms with E-state index in [1.54, 1.807) is 0 Å². The van der Waals surface area contributed by atoms with E-state index in [1.807, 2.05) is 20.8 Å². The number of ether oxygens (including phenoxy) is 1. The van der Waals surface area contributed by atoms with Gasteiger partial charge in [-0.25, -0.2) is 0 Å². The fourth-order valence-electron chi connectivity index (χ4n) is 2.28. The molecule has 0 aliphatic heterocycles. The highest BCUT2D eigenvalue weighted by atomic mass is 79.9. The molecule has 4 heteroatoms. The van der Waals surface area contributed by atoms with Crippen molar-refractivity contribution in [3.63, 3.8) is 0 Å². The van der Waals surface area contributed by atoms with Gasteiger partial charge < -0.3 is 9.84 Å². The van der Waals surface area contributed by atoms with Crippen molar-refractivity contribution >= 4 is 21.9 Å². The third kappa shape index (κ3) is 19.5. The molecule has 0 amide bonds. The first kappa shape index (κ1) is 25.1. The lowest BCUT2D eigenvalue weighted by Gasteiger charge is -2.20. The van der Waals surface area contributed by atoms with Crippen LogP contribution < -0.4 is 0 Å². The molecule has 0 aromatic carbocycles. The first-order valence-electron chi connectivity index (χ1n) is 9.76. The Kier molecular flexibility index (Phi) is 15.8. The Hall–Kier alpha value is -0.870. The van der Waals surface area contributed by atoms with Gasteiger partial charge in [-0.05, 0) is 65.7 Å². The quantitative estimate of drug-likeness (QED) is 0.153. The molecule has 0 aromatic rings. The maximum absolute atomic E-state index is 11.6. The van der Waals surface area contributed by atoms with Crippen LogP contribution in [0.15, 0.2) is 36.5 Å². The second-order valence-corrected chi connectivity index (χ2v) is 8.24. The summed E-state index contributed by atoms with van der Waals surface area (Å²) in [6, 6.07) is 0. The highest BCUT2D eigenvalue weighted by Gasteiger charge is 2.18. The van der Waals surface area contributed by atoms with Gasteiger partial charge in [-0.1, -0.05) is 58.8 Å². The van der Waals surface area contributed by atoms with Gasteiger partial charge in [0.2, 0.25) is 0 Å². The maximum Gasteiger partial charge on any atom is 0.308 e. The van der Waals surface area contributed by atoms with Crippen molar-refractivity contribution in [1.82, 2.24) is 0 Å². The number of alkyl halides is 1. The summed E-state index contributed by atoms with van der Waals surface area (Å²) >= 11 is 3.45. The minimum Gasteiger partial charge on any atom is -0.460 e. The molecular weight excluding hydrogens is 392 g/mol. The van der Waals surface area contributed by atoms with Gasteiger partial charge in [0.1, 0.15) is 5.60 Å². The van der Waals surface area contributed by atoms with Gasteiger partial charge >= 0.3 is 5.97 Å². The summed E-state index contributed by atoms with van der Waals surface area (Å²) in [5.74, 6) is -0.340. The molecule has 0 aliphatic rings. The number of hydrogen-bond donors (Lipinski definition) is 1. The highest BCUT2D eigenvalue weighted by Crippen LogP contribution is 2.11. The zero-order valence-electron chi connectivity index (χ0n) is 16.8. The summed E-state index contributed by atoms with van der Waals surface area (Å²) in [5, 5.41) is 11.0. The van der Waals surface area contributed by atoms with E-state index in [2.05, 4.69) is 52.4 Å². The second kappa shape index (κ2) is 16.3. The molecule has 0 aromatic heterocycles. The molecule has 0 spiro atoms. The van der Waals surface area contributed by atoms with Crippen molar-refractivity contribution < 1.29 is 14.6 Å². The Morgan fingerprint density at radius 1 is 0.962 bits per heavy atom. The Bertz CT molecular complexity index is 433. The number of rotatable bonds is 14. The average Bonchev–Trinajstić information content (AvgIpc) is 2.53. The standard InChI is InChI=1S/C22H37BrO3/c1-22(2,3)26-21(25)19-20(24)17-15-13-11-9-7-5-4-6-8-10-12-14-16-18-23/h5-8,11,13,20,24H,4,9-10,12,14-19H2,1-3H3. The molecule has 0 fully saturated rings. The first-order chi connectivity index (χ1) is 12.3. The summed E-state index contributed by atoms with van der Waals surface area (Å²) in [6.45, 7) is 5.49. The van der Waals surface area contributed by atoms with E-state index in [-0.39, 0.29) is 12.4 Å². The molecular formula is C22H37BrO3. The predicted octanol–water partition coefficient (Wildman–Crippen LogP) is 6.26. The monoisotopic (exact) mass is 428 g/mol.